The number of nitrogens with zero attached hydrogens (tertiary/aromatic N) is 4. The van der Waals surface area contributed by atoms with E-state index in [1.807, 2.05) is 0 Å². The largest absolute Gasteiger partial charge is 0.480 e. The van der Waals surface area contributed by atoms with Crippen LogP contribution in [0.1, 0.15) is 49.6 Å². The Morgan fingerprint density at radius 2 is 1.62 bits per heavy atom. The number of nitrogens with one attached hydrogen (secondary N) is 3. The van der Waals surface area contributed by atoms with Crippen LogP contribution in [-0.2, 0) is 11.3 Å². The van der Waals surface area contributed by atoms with Crippen molar-refractivity contribution in [3.8, 4) is 0 Å². The molecule has 0 saturated heterocycles. The number of aliphatic carboxylic acids is 1. The maximum absolute atomic E-state index is 12.7. The zero-order valence-electron chi connectivity index (χ0n) is 22.2. The number of carboxylic acids is 1. The lowest BCUT2D eigenvalue weighted by atomic mass is 10.1. The molecule has 4 aromatic rings. The molecule has 15 nitrogen and oxygen atoms in total. The van der Waals surface area contributed by atoms with Gasteiger partial charge in [-0.15, -0.1) is 0 Å². The fourth-order valence-electron chi connectivity index (χ4n) is 4.00. The number of fused-ring (bicyclic) bond motifs is 1. The molecule has 216 valence electrons. The van der Waals surface area contributed by atoms with Crippen LogP contribution in [0.25, 0.3) is 11.2 Å². The summed E-state index contributed by atoms with van der Waals surface area (Å²) in [5.74, 6) is -2.89. The molecule has 0 spiro atoms. The highest BCUT2D eigenvalue weighted by molar-refractivity contribution is 6.06. The lowest BCUT2D eigenvalue weighted by Gasteiger charge is -2.15. The number of carbonyl (C=O) groups is 4. The molecule has 0 radical (unpaired) electrons. The second-order valence-electron chi connectivity index (χ2n) is 9.10. The van der Waals surface area contributed by atoms with Gasteiger partial charge in [0.1, 0.15) is 6.04 Å². The lowest BCUT2D eigenvalue weighted by molar-refractivity contribution is -0.139. The summed E-state index contributed by atoms with van der Waals surface area (Å²) in [5, 5.41) is 17.9. The van der Waals surface area contributed by atoms with Crippen molar-refractivity contribution in [1.82, 2.24) is 30.6 Å². The van der Waals surface area contributed by atoms with Crippen LogP contribution in [-0.4, -0.2) is 61.3 Å². The number of anilines is 3. The van der Waals surface area contributed by atoms with Crippen LogP contribution in [0.2, 0.25) is 0 Å². The van der Waals surface area contributed by atoms with Crippen LogP contribution in [0.5, 0.6) is 0 Å². The molecule has 1 atom stereocenters. The first kappa shape index (κ1) is 29.1. The van der Waals surface area contributed by atoms with Gasteiger partial charge in [0.2, 0.25) is 11.9 Å². The Bertz CT molecular complexity index is 1640. The molecule has 3 amide bonds. The van der Waals surface area contributed by atoms with E-state index in [-0.39, 0.29) is 53.5 Å². The number of nitrogens with two attached hydrogens (primary N) is 3. The molecule has 10 N–H and O–H groups in total. The minimum atomic E-state index is -1.21. The predicted octanol–water partition coefficient (Wildman–Crippen LogP) is 0.688. The van der Waals surface area contributed by atoms with Crippen LogP contribution in [0.4, 0.5) is 17.5 Å². The smallest absolute Gasteiger partial charge is 0.326 e. The third-order valence-corrected chi connectivity index (χ3v) is 6.12. The summed E-state index contributed by atoms with van der Waals surface area (Å²) in [5.41, 5.74) is 19.1. The summed E-state index contributed by atoms with van der Waals surface area (Å²) in [6, 6.07) is 11.4. The number of primary amides is 1. The molecule has 0 aliphatic carbocycles. The number of nitrogen functional groups attached to an aromatic ring is 2. The van der Waals surface area contributed by atoms with Crippen molar-refractivity contribution in [2.24, 2.45) is 5.73 Å². The van der Waals surface area contributed by atoms with Crippen molar-refractivity contribution >= 4 is 52.3 Å². The average Bonchev–Trinajstić information content (AvgIpc) is 2.97. The topological polar surface area (TPSA) is 254 Å². The monoisotopic (exact) mass is 572 g/mol. The SMILES string of the molecule is NC(=O)c1ccccc1C(=O)NCCCC(NC(=O)c1ccc(NCc2cnc3nc(N)nc(N)c3n2)cc1)C(=O)O. The van der Waals surface area contributed by atoms with E-state index >= 15 is 0 Å². The van der Waals surface area contributed by atoms with Crippen molar-refractivity contribution in [1.29, 1.82) is 0 Å². The molecular formula is C27H28N10O5. The second-order valence-corrected chi connectivity index (χ2v) is 9.10. The fraction of sp³-hybridized carbons (Fsp3) is 0.185. The first-order valence-electron chi connectivity index (χ1n) is 12.7. The van der Waals surface area contributed by atoms with E-state index in [4.69, 9.17) is 17.2 Å². The maximum atomic E-state index is 12.7. The third-order valence-electron chi connectivity index (χ3n) is 6.12. The van der Waals surface area contributed by atoms with Crippen LogP contribution in [0, 0.1) is 0 Å². The van der Waals surface area contributed by atoms with Gasteiger partial charge in [0.05, 0.1) is 29.6 Å². The van der Waals surface area contributed by atoms with Crippen molar-refractivity contribution in [2.75, 3.05) is 23.3 Å². The van der Waals surface area contributed by atoms with E-state index in [0.29, 0.717) is 23.4 Å². The molecule has 2 heterocycles. The Kier molecular flexibility index (Phi) is 9.01. The number of aromatic nitrogens is 4. The molecule has 2 aromatic carbocycles. The quantitative estimate of drug-likeness (QED) is 0.116. The van der Waals surface area contributed by atoms with Crippen LogP contribution < -0.4 is 33.2 Å². The summed E-state index contributed by atoms with van der Waals surface area (Å²) in [7, 11) is 0. The molecule has 2 aromatic heterocycles. The second kappa shape index (κ2) is 13.0. The van der Waals surface area contributed by atoms with E-state index in [2.05, 4.69) is 35.9 Å². The van der Waals surface area contributed by atoms with E-state index in [1.165, 1.54) is 18.3 Å². The van der Waals surface area contributed by atoms with Crippen LogP contribution in [0.15, 0.2) is 54.7 Å². The number of hydrogen-bond acceptors (Lipinski definition) is 11. The Morgan fingerprint density at radius 3 is 2.31 bits per heavy atom. The number of amides is 3. The van der Waals surface area contributed by atoms with Gasteiger partial charge in [-0.2, -0.15) is 9.97 Å². The van der Waals surface area contributed by atoms with Gasteiger partial charge >= 0.3 is 5.97 Å². The van der Waals surface area contributed by atoms with Gasteiger partial charge < -0.3 is 38.3 Å². The van der Waals surface area contributed by atoms with Gasteiger partial charge in [-0.25, -0.2) is 14.8 Å². The van der Waals surface area contributed by atoms with Gasteiger partial charge in [0.15, 0.2) is 17.0 Å². The predicted molar refractivity (Wildman–Crippen MR) is 153 cm³/mol. The highest BCUT2D eigenvalue weighted by atomic mass is 16.4. The van der Waals surface area contributed by atoms with Gasteiger partial charge in [-0.1, -0.05) is 12.1 Å². The standard InChI is InChI=1S/C27H28N10O5/c28-21-20-23(37-27(30)36-21)33-13-16(34-20)12-32-15-9-7-14(8-10-15)24(39)35-19(26(41)42)6-3-11-31-25(40)18-5-2-1-4-17(18)22(29)38/h1-2,4-5,7-10,13,19,32H,3,6,11-12H2,(H2,29,38)(H,31,40)(H,35,39)(H,41,42)(H4,28,30,33,36,37). The number of benzene rings is 2. The first-order chi connectivity index (χ1) is 20.1. The molecule has 42 heavy (non-hydrogen) atoms. The van der Waals surface area contributed by atoms with Gasteiger partial charge in [-0.3, -0.25) is 14.4 Å². The molecule has 1 unspecified atom stereocenters. The van der Waals surface area contributed by atoms with Crippen LogP contribution >= 0.6 is 0 Å². The van der Waals surface area contributed by atoms with E-state index in [1.54, 1.807) is 36.4 Å². The van der Waals surface area contributed by atoms with Crippen LogP contribution in [0.3, 0.4) is 0 Å². The summed E-state index contributed by atoms with van der Waals surface area (Å²) >= 11 is 0. The van der Waals surface area contributed by atoms with E-state index < -0.39 is 29.7 Å². The van der Waals surface area contributed by atoms with Crippen molar-refractivity contribution in [3.05, 3.63) is 77.1 Å². The van der Waals surface area contributed by atoms with Crippen molar-refractivity contribution in [2.45, 2.75) is 25.4 Å². The van der Waals surface area contributed by atoms with Crippen molar-refractivity contribution in [3.63, 3.8) is 0 Å². The molecule has 0 bridgehead atoms. The van der Waals surface area contributed by atoms with Gasteiger partial charge in [0, 0.05) is 17.8 Å². The normalized spacial score (nSPS) is 11.4. The van der Waals surface area contributed by atoms with E-state index in [0.717, 1.165) is 0 Å². The number of hydrogen-bond donors (Lipinski definition) is 7. The summed E-state index contributed by atoms with van der Waals surface area (Å²) in [6.07, 6.45) is 1.85. The highest BCUT2D eigenvalue weighted by Gasteiger charge is 2.21. The van der Waals surface area contributed by atoms with E-state index in [9.17, 15) is 24.3 Å². The summed E-state index contributed by atoms with van der Waals surface area (Å²) in [4.78, 5) is 64.8. The fourth-order valence-corrected chi connectivity index (χ4v) is 4.00. The summed E-state index contributed by atoms with van der Waals surface area (Å²) in [6.45, 7) is 0.422. The third kappa shape index (κ3) is 7.20. The Hall–Kier alpha value is -5.86. The molecule has 0 saturated carbocycles. The zero-order chi connectivity index (χ0) is 30.2. The Balaban J connectivity index is 1.27. The lowest BCUT2D eigenvalue weighted by Crippen LogP contribution is -2.41. The number of carbonyl (C=O) groups excluding carboxylic acids is 3. The molecule has 0 aliphatic heterocycles. The van der Waals surface area contributed by atoms with Gasteiger partial charge in [0.25, 0.3) is 11.8 Å². The Labute approximate surface area is 238 Å². The molecule has 15 heteroatoms. The number of rotatable bonds is 12. The Morgan fingerprint density at radius 1 is 0.905 bits per heavy atom. The van der Waals surface area contributed by atoms with Crippen molar-refractivity contribution < 1.29 is 24.3 Å². The average molecular weight is 573 g/mol. The molecular weight excluding hydrogens is 544 g/mol. The summed E-state index contributed by atoms with van der Waals surface area (Å²) < 4.78 is 0. The molecule has 0 aliphatic rings. The minimum Gasteiger partial charge on any atom is -0.480 e. The number of carboxylic acid groups (broad SMARTS) is 1. The first-order valence-corrected chi connectivity index (χ1v) is 12.7. The minimum absolute atomic E-state index is 0.00711. The molecule has 4 rings (SSSR count). The van der Waals surface area contributed by atoms with Gasteiger partial charge in [-0.05, 0) is 49.2 Å². The highest BCUT2D eigenvalue weighted by Crippen LogP contribution is 2.16. The molecule has 0 fully saturated rings. The maximum Gasteiger partial charge on any atom is 0.326 e. The zero-order valence-corrected chi connectivity index (χ0v) is 22.2.